The number of rotatable bonds is 10. The molecule has 2 aromatic rings. The summed E-state index contributed by atoms with van der Waals surface area (Å²) in [6.45, 7) is 3.77. The Morgan fingerprint density at radius 3 is 2.78 bits per heavy atom. The maximum Gasteiger partial charge on any atom is 0.343 e. The van der Waals surface area contributed by atoms with E-state index in [1.54, 1.807) is 0 Å². The van der Waals surface area contributed by atoms with Gasteiger partial charge >= 0.3 is 5.69 Å². The lowest BCUT2D eigenvalue weighted by Crippen LogP contribution is -2.40. The number of aromatic nitrogens is 3. The molecule has 2 heterocycles. The van der Waals surface area contributed by atoms with Crippen LogP contribution in [-0.2, 0) is 26.1 Å². The summed E-state index contributed by atoms with van der Waals surface area (Å²) in [6.07, 6.45) is 1.74. The average molecular weight is 486 g/mol. The molecule has 1 aliphatic heterocycles. The number of hydrogen-bond acceptors (Lipinski definition) is 8. The van der Waals surface area contributed by atoms with E-state index >= 15 is 0 Å². The lowest BCUT2D eigenvalue weighted by molar-refractivity contribution is -0.113. The lowest BCUT2D eigenvalue weighted by atomic mass is 10.3. The van der Waals surface area contributed by atoms with Gasteiger partial charge in [0, 0.05) is 19.6 Å². The van der Waals surface area contributed by atoms with Crippen molar-refractivity contribution in [3.05, 3.63) is 28.7 Å². The van der Waals surface area contributed by atoms with Gasteiger partial charge in [0.05, 0.1) is 36.7 Å². The average Bonchev–Trinajstić information content (AvgIpc) is 3.16. The monoisotopic (exact) mass is 485 g/mol. The number of sulfonamides is 1. The Balaban J connectivity index is 1.72. The Bertz CT molecular complexity index is 1090. The first-order chi connectivity index (χ1) is 15.4. The predicted octanol–water partition coefficient (Wildman–Crippen LogP) is 1.13. The van der Waals surface area contributed by atoms with Crippen molar-refractivity contribution in [2.75, 3.05) is 44.5 Å². The molecule has 176 valence electrons. The normalized spacial score (nSPS) is 14.9. The van der Waals surface area contributed by atoms with Crippen LogP contribution in [0.15, 0.2) is 33.0 Å². The molecule has 0 spiro atoms. The number of unbranched alkanes of at least 4 members (excludes halogenated alkanes) is 1. The summed E-state index contributed by atoms with van der Waals surface area (Å²) < 4.78 is 39.2. The fourth-order valence-corrected chi connectivity index (χ4v) is 5.33. The van der Waals surface area contributed by atoms with E-state index in [4.69, 9.17) is 9.47 Å². The topological polar surface area (TPSA) is 136 Å². The van der Waals surface area contributed by atoms with E-state index in [2.05, 4.69) is 15.5 Å². The number of methoxy groups -OCH3 is 1. The first kappa shape index (κ1) is 24.3. The van der Waals surface area contributed by atoms with Crippen LogP contribution >= 0.6 is 11.8 Å². The van der Waals surface area contributed by atoms with Crippen LogP contribution in [0.5, 0.6) is 5.75 Å². The molecule has 32 heavy (non-hydrogen) atoms. The van der Waals surface area contributed by atoms with Crippen molar-refractivity contribution in [1.29, 1.82) is 0 Å². The maximum absolute atomic E-state index is 12.9. The van der Waals surface area contributed by atoms with Crippen LogP contribution in [0.3, 0.4) is 0 Å². The van der Waals surface area contributed by atoms with Crippen molar-refractivity contribution in [3.63, 3.8) is 0 Å². The van der Waals surface area contributed by atoms with Gasteiger partial charge in [-0.1, -0.05) is 25.1 Å². The number of carbonyl (C=O) groups is 1. The number of hydrogen-bond donors (Lipinski definition) is 2. The Morgan fingerprint density at radius 1 is 1.34 bits per heavy atom. The van der Waals surface area contributed by atoms with Crippen LogP contribution < -0.4 is 15.7 Å². The van der Waals surface area contributed by atoms with Gasteiger partial charge in [0.15, 0.2) is 5.16 Å². The second-order valence-electron chi connectivity index (χ2n) is 7.03. The van der Waals surface area contributed by atoms with Crippen LogP contribution in [0, 0.1) is 0 Å². The molecular weight excluding hydrogens is 458 g/mol. The van der Waals surface area contributed by atoms with E-state index in [1.165, 1.54) is 34.2 Å². The second kappa shape index (κ2) is 11.0. The summed E-state index contributed by atoms with van der Waals surface area (Å²) in [4.78, 5) is 24.5. The standard InChI is InChI=1S/C19H27N5O6S2/c1-3-4-7-24-18(26)21-22-19(24)31-13-17(25)20-15-12-14(5-6-16(15)29-2)32(27,28)23-8-10-30-11-9-23/h5-6,12H,3-4,7-11,13H2,1-2H3,(H,20,25)(H,21,26). The van der Waals surface area contributed by atoms with Crippen LogP contribution in [0.1, 0.15) is 19.8 Å². The molecule has 0 aliphatic carbocycles. The third kappa shape index (κ3) is 5.71. The molecule has 0 radical (unpaired) electrons. The number of H-pyrrole nitrogens is 1. The van der Waals surface area contributed by atoms with Gasteiger partial charge in [-0.3, -0.25) is 9.36 Å². The van der Waals surface area contributed by atoms with Crippen LogP contribution in [0.25, 0.3) is 0 Å². The Morgan fingerprint density at radius 2 is 2.09 bits per heavy atom. The van der Waals surface area contributed by atoms with Gasteiger partial charge in [-0.05, 0) is 24.6 Å². The molecular formula is C19H27N5O6S2. The highest BCUT2D eigenvalue weighted by atomic mass is 32.2. The molecule has 0 atom stereocenters. The molecule has 1 aliphatic rings. The van der Waals surface area contributed by atoms with E-state index in [9.17, 15) is 18.0 Å². The smallest absolute Gasteiger partial charge is 0.343 e. The number of morpholine rings is 1. The third-order valence-electron chi connectivity index (χ3n) is 4.84. The molecule has 3 rings (SSSR count). The number of aromatic amines is 1. The van der Waals surface area contributed by atoms with Gasteiger partial charge < -0.3 is 14.8 Å². The van der Waals surface area contributed by atoms with Gasteiger partial charge in [-0.2, -0.15) is 4.31 Å². The fourth-order valence-electron chi connectivity index (χ4n) is 3.12. The highest BCUT2D eigenvalue weighted by molar-refractivity contribution is 7.99. The fraction of sp³-hybridized carbons (Fsp3) is 0.526. The predicted molar refractivity (Wildman–Crippen MR) is 120 cm³/mol. The number of nitrogens with one attached hydrogen (secondary N) is 2. The molecule has 1 fully saturated rings. The zero-order chi connectivity index (χ0) is 23.1. The van der Waals surface area contributed by atoms with Crippen molar-refractivity contribution in [3.8, 4) is 5.75 Å². The molecule has 13 heteroatoms. The van der Waals surface area contributed by atoms with Crippen molar-refractivity contribution < 1.29 is 22.7 Å². The number of ether oxygens (including phenoxy) is 2. The number of amides is 1. The summed E-state index contributed by atoms with van der Waals surface area (Å²) in [6, 6.07) is 4.34. The van der Waals surface area contributed by atoms with Gasteiger partial charge in [0.25, 0.3) is 0 Å². The number of benzene rings is 1. The summed E-state index contributed by atoms with van der Waals surface area (Å²) in [7, 11) is -2.29. The number of carbonyl (C=O) groups excluding carboxylic acids is 1. The van der Waals surface area contributed by atoms with Gasteiger partial charge in [0.2, 0.25) is 15.9 Å². The molecule has 1 amide bonds. The molecule has 1 aromatic heterocycles. The minimum absolute atomic E-state index is 0.0139. The van der Waals surface area contributed by atoms with E-state index in [0.29, 0.717) is 30.7 Å². The summed E-state index contributed by atoms with van der Waals surface area (Å²) in [5.41, 5.74) is -0.0677. The highest BCUT2D eigenvalue weighted by Gasteiger charge is 2.27. The zero-order valence-corrected chi connectivity index (χ0v) is 19.6. The summed E-state index contributed by atoms with van der Waals surface area (Å²) in [5.74, 6) is -0.0596. The van der Waals surface area contributed by atoms with Crippen LogP contribution in [-0.4, -0.2) is 72.6 Å². The summed E-state index contributed by atoms with van der Waals surface area (Å²) in [5, 5.41) is 9.49. The Labute approximate surface area is 190 Å². The number of anilines is 1. The maximum atomic E-state index is 12.9. The SMILES string of the molecule is CCCCn1c(SCC(=O)Nc2cc(S(=O)(=O)N3CCOCC3)ccc2OC)n[nH]c1=O. The van der Waals surface area contributed by atoms with Crippen molar-refractivity contribution in [2.24, 2.45) is 0 Å². The second-order valence-corrected chi connectivity index (χ2v) is 9.91. The summed E-state index contributed by atoms with van der Waals surface area (Å²) >= 11 is 1.12. The molecule has 1 aromatic carbocycles. The first-order valence-electron chi connectivity index (χ1n) is 10.2. The Kier molecular flexibility index (Phi) is 8.34. The molecule has 0 unspecified atom stereocenters. The number of nitrogens with zero attached hydrogens (tertiary/aromatic N) is 3. The minimum Gasteiger partial charge on any atom is -0.495 e. The third-order valence-corrected chi connectivity index (χ3v) is 7.71. The van der Waals surface area contributed by atoms with Crippen molar-refractivity contribution in [1.82, 2.24) is 19.1 Å². The Hall–Kier alpha value is -2.35. The minimum atomic E-state index is -3.72. The lowest BCUT2D eigenvalue weighted by Gasteiger charge is -2.26. The molecule has 0 bridgehead atoms. The van der Waals surface area contributed by atoms with Gasteiger partial charge in [-0.15, -0.1) is 5.10 Å². The van der Waals surface area contributed by atoms with Crippen LogP contribution in [0.2, 0.25) is 0 Å². The number of thioether (sulfide) groups is 1. The van der Waals surface area contributed by atoms with Crippen molar-refractivity contribution >= 4 is 33.4 Å². The van der Waals surface area contributed by atoms with E-state index < -0.39 is 10.0 Å². The van der Waals surface area contributed by atoms with Crippen LogP contribution in [0.4, 0.5) is 5.69 Å². The van der Waals surface area contributed by atoms with E-state index in [1.807, 2.05) is 6.92 Å². The van der Waals surface area contributed by atoms with Gasteiger partial charge in [0.1, 0.15) is 5.75 Å². The van der Waals surface area contributed by atoms with E-state index in [0.717, 1.165) is 24.6 Å². The largest absolute Gasteiger partial charge is 0.495 e. The molecule has 2 N–H and O–H groups in total. The first-order valence-corrected chi connectivity index (χ1v) is 12.6. The zero-order valence-electron chi connectivity index (χ0n) is 18.0. The molecule has 1 saturated heterocycles. The molecule has 11 nitrogen and oxygen atoms in total. The highest BCUT2D eigenvalue weighted by Crippen LogP contribution is 2.29. The van der Waals surface area contributed by atoms with Gasteiger partial charge in [-0.25, -0.2) is 18.3 Å². The van der Waals surface area contributed by atoms with E-state index in [-0.39, 0.29) is 41.0 Å². The molecule has 0 saturated carbocycles. The quantitative estimate of drug-likeness (QED) is 0.478. The van der Waals surface area contributed by atoms with Crippen molar-refractivity contribution in [2.45, 2.75) is 36.4 Å².